The van der Waals surface area contributed by atoms with Crippen LogP contribution in [-0.4, -0.2) is 23.1 Å². The van der Waals surface area contributed by atoms with Gasteiger partial charge in [-0.15, -0.1) is 23.4 Å². The van der Waals surface area contributed by atoms with Crippen LogP contribution in [0.2, 0.25) is 0 Å². The average Bonchev–Trinajstić information content (AvgIpc) is 2.82. The fourth-order valence-electron chi connectivity index (χ4n) is 2.00. The smallest absolute Gasteiger partial charge is 0.233 e. The number of nitrogens with one attached hydrogen (secondary N) is 1. The summed E-state index contributed by atoms with van der Waals surface area (Å²) in [6.07, 6.45) is 2.62. The second-order valence-corrected chi connectivity index (χ2v) is 6.37. The zero-order valence-electron chi connectivity index (χ0n) is 10.5. The highest BCUT2D eigenvalue weighted by Gasteiger charge is 2.27. The van der Waals surface area contributed by atoms with E-state index in [-0.39, 0.29) is 16.5 Å². The third-order valence-electron chi connectivity index (χ3n) is 3.14. The van der Waals surface area contributed by atoms with Gasteiger partial charge in [0.2, 0.25) is 5.91 Å². The van der Waals surface area contributed by atoms with Gasteiger partial charge in [-0.25, -0.2) is 0 Å². The van der Waals surface area contributed by atoms with E-state index in [1.54, 1.807) is 11.8 Å². The SMILES string of the molecule is CCC(Cl)CCNC(=O)C1Cc2ccccc2S1. The van der Waals surface area contributed by atoms with Gasteiger partial charge >= 0.3 is 0 Å². The summed E-state index contributed by atoms with van der Waals surface area (Å²) in [7, 11) is 0. The minimum Gasteiger partial charge on any atom is -0.355 e. The van der Waals surface area contributed by atoms with Gasteiger partial charge in [-0.05, 0) is 30.9 Å². The highest BCUT2D eigenvalue weighted by Crippen LogP contribution is 2.36. The van der Waals surface area contributed by atoms with Crippen molar-refractivity contribution in [2.24, 2.45) is 0 Å². The molecule has 2 nitrogen and oxygen atoms in total. The van der Waals surface area contributed by atoms with Crippen LogP contribution in [0, 0.1) is 0 Å². The molecule has 0 aliphatic carbocycles. The summed E-state index contributed by atoms with van der Waals surface area (Å²) < 4.78 is 0. The summed E-state index contributed by atoms with van der Waals surface area (Å²) in [5, 5.41) is 3.17. The Balaban J connectivity index is 1.79. The summed E-state index contributed by atoms with van der Waals surface area (Å²) in [4.78, 5) is 13.2. The lowest BCUT2D eigenvalue weighted by molar-refractivity contribution is -0.120. The molecule has 0 saturated heterocycles. The van der Waals surface area contributed by atoms with Crippen molar-refractivity contribution in [1.82, 2.24) is 5.32 Å². The predicted octanol–water partition coefficient (Wildman–Crippen LogP) is 3.23. The molecule has 1 amide bonds. The second kappa shape index (κ2) is 6.48. The maximum absolute atomic E-state index is 12.0. The van der Waals surface area contributed by atoms with Crippen LogP contribution in [-0.2, 0) is 11.2 Å². The molecule has 0 fully saturated rings. The molecule has 18 heavy (non-hydrogen) atoms. The van der Waals surface area contributed by atoms with Crippen LogP contribution in [0.5, 0.6) is 0 Å². The first kappa shape index (κ1) is 13.8. The third kappa shape index (κ3) is 3.42. The first-order valence-electron chi connectivity index (χ1n) is 6.37. The largest absolute Gasteiger partial charge is 0.355 e. The number of hydrogen-bond donors (Lipinski definition) is 1. The fraction of sp³-hybridized carbons (Fsp3) is 0.500. The number of alkyl halides is 1. The number of carbonyl (C=O) groups excluding carboxylic acids is 1. The van der Waals surface area contributed by atoms with Crippen molar-refractivity contribution in [2.45, 2.75) is 41.7 Å². The number of halogens is 1. The minimum absolute atomic E-state index is 0.0257. The number of hydrogen-bond acceptors (Lipinski definition) is 2. The maximum atomic E-state index is 12.0. The molecule has 0 radical (unpaired) electrons. The zero-order valence-corrected chi connectivity index (χ0v) is 12.1. The van der Waals surface area contributed by atoms with Gasteiger partial charge in [-0.3, -0.25) is 4.79 Å². The molecule has 2 atom stereocenters. The van der Waals surface area contributed by atoms with Crippen molar-refractivity contribution in [3.63, 3.8) is 0 Å². The number of thioether (sulfide) groups is 1. The monoisotopic (exact) mass is 283 g/mol. The molecule has 0 aromatic heterocycles. The van der Waals surface area contributed by atoms with Crippen LogP contribution in [0.1, 0.15) is 25.3 Å². The number of fused-ring (bicyclic) bond motifs is 1. The molecule has 2 unspecified atom stereocenters. The number of benzene rings is 1. The molecule has 1 aromatic rings. The Morgan fingerprint density at radius 2 is 2.33 bits per heavy atom. The van der Waals surface area contributed by atoms with Gasteiger partial charge in [0.15, 0.2) is 0 Å². The summed E-state index contributed by atoms with van der Waals surface area (Å²) in [5.74, 6) is 0.135. The number of amides is 1. The van der Waals surface area contributed by atoms with E-state index in [1.807, 2.05) is 12.1 Å². The van der Waals surface area contributed by atoms with Gasteiger partial charge in [-0.1, -0.05) is 25.1 Å². The standard InChI is InChI=1S/C14H18ClNOS/c1-2-11(15)7-8-16-14(17)13-9-10-5-3-4-6-12(10)18-13/h3-6,11,13H,2,7-9H2,1H3,(H,16,17). The molecule has 1 heterocycles. The highest BCUT2D eigenvalue weighted by atomic mass is 35.5. The Morgan fingerprint density at radius 3 is 3.06 bits per heavy atom. The van der Waals surface area contributed by atoms with Gasteiger partial charge in [0, 0.05) is 16.8 Å². The summed E-state index contributed by atoms with van der Waals surface area (Å²) in [6.45, 7) is 2.73. The molecule has 2 rings (SSSR count). The summed E-state index contributed by atoms with van der Waals surface area (Å²) >= 11 is 7.69. The Kier molecular flexibility index (Phi) is 4.95. The van der Waals surface area contributed by atoms with Gasteiger partial charge in [0.05, 0.1) is 5.25 Å². The normalized spacial score (nSPS) is 19.3. The first-order valence-corrected chi connectivity index (χ1v) is 7.68. The quantitative estimate of drug-likeness (QED) is 0.841. The van der Waals surface area contributed by atoms with E-state index in [0.29, 0.717) is 6.54 Å². The van der Waals surface area contributed by atoms with Crippen molar-refractivity contribution >= 4 is 29.3 Å². The van der Waals surface area contributed by atoms with Crippen LogP contribution >= 0.6 is 23.4 Å². The summed E-state index contributed by atoms with van der Waals surface area (Å²) in [6, 6.07) is 8.23. The first-order chi connectivity index (χ1) is 8.70. The predicted molar refractivity (Wildman–Crippen MR) is 77.3 cm³/mol. The zero-order chi connectivity index (χ0) is 13.0. The minimum atomic E-state index is 0.0257. The Hall–Kier alpha value is -0.670. The van der Waals surface area contributed by atoms with Crippen LogP contribution in [0.3, 0.4) is 0 Å². The van der Waals surface area contributed by atoms with Gasteiger partial charge in [0.1, 0.15) is 0 Å². The highest BCUT2D eigenvalue weighted by molar-refractivity contribution is 8.01. The lowest BCUT2D eigenvalue weighted by Crippen LogP contribution is -2.33. The van der Waals surface area contributed by atoms with E-state index in [0.717, 1.165) is 19.3 Å². The maximum Gasteiger partial charge on any atom is 0.233 e. The van der Waals surface area contributed by atoms with Crippen LogP contribution in [0.15, 0.2) is 29.2 Å². The van der Waals surface area contributed by atoms with E-state index >= 15 is 0 Å². The summed E-state index contributed by atoms with van der Waals surface area (Å²) in [5.41, 5.74) is 1.28. The molecule has 0 spiro atoms. The van der Waals surface area contributed by atoms with Crippen LogP contribution in [0.25, 0.3) is 0 Å². The molecule has 1 N–H and O–H groups in total. The lowest BCUT2D eigenvalue weighted by Gasteiger charge is -2.11. The van der Waals surface area contributed by atoms with Crippen molar-refractivity contribution in [2.75, 3.05) is 6.54 Å². The molecular weight excluding hydrogens is 266 g/mol. The molecule has 4 heteroatoms. The molecule has 1 aliphatic heterocycles. The van der Waals surface area contributed by atoms with Crippen molar-refractivity contribution in [3.05, 3.63) is 29.8 Å². The van der Waals surface area contributed by atoms with Crippen LogP contribution < -0.4 is 5.32 Å². The van der Waals surface area contributed by atoms with Crippen molar-refractivity contribution < 1.29 is 4.79 Å². The van der Waals surface area contributed by atoms with Gasteiger partial charge < -0.3 is 5.32 Å². The van der Waals surface area contributed by atoms with Crippen molar-refractivity contribution in [1.29, 1.82) is 0 Å². The molecular formula is C14H18ClNOS. The Morgan fingerprint density at radius 1 is 1.56 bits per heavy atom. The van der Waals surface area contributed by atoms with E-state index in [4.69, 9.17) is 11.6 Å². The molecule has 0 saturated carbocycles. The molecule has 0 bridgehead atoms. The van der Waals surface area contributed by atoms with Crippen LogP contribution in [0.4, 0.5) is 0 Å². The van der Waals surface area contributed by atoms with Crippen molar-refractivity contribution in [3.8, 4) is 0 Å². The van der Waals surface area contributed by atoms with E-state index in [2.05, 4.69) is 24.4 Å². The lowest BCUT2D eigenvalue weighted by atomic mass is 10.1. The Bertz CT molecular complexity index is 399. The fourth-order valence-corrected chi connectivity index (χ4v) is 3.33. The Labute approximate surface area is 117 Å². The second-order valence-electron chi connectivity index (χ2n) is 4.50. The number of rotatable bonds is 5. The topological polar surface area (TPSA) is 29.1 Å². The molecule has 1 aliphatic rings. The average molecular weight is 284 g/mol. The third-order valence-corrected chi connectivity index (χ3v) is 4.98. The number of carbonyl (C=O) groups is 1. The molecule has 98 valence electrons. The van der Waals surface area contributed by atoms with Gasteiger partial charge in [0.25, 0.3) is 0 Å². The van der Waals surface area contributed by atoms with Gasteiger partial charge in [-0.2, -0.15) is 0 Å². The van der Waals surface area contributed by atoms with E-state index in [1.165, 1.54) is 10.5 Å². The molecule has 1 aromatic carbocycles. The van der Waals surface area contributed by atoms with E-state index in [9.17, 15) is 4.79 Å². The van der Waals surface area contributed by atoms with E-state index < -0.39 is 0 Å².